The lowest BCUT2D eigenvalue weighted by molar-refractivity contribution is 0.0520. The highest BCUT2D eigenvalue weighted by Gasteiger charge is 2.34. The van der Waals surface area contributed by atoms with Crippen LogP contribution in [0, 0.1) is 20.8 Å². The number of guanidine groups is 1. The van der Waals surface area contributed by atoms with Crippen LogP contribution in [0.2, 0.25) is 0 Å². The molecule has 2 aromatic rings. The minimum atomic E-state index is -0.553. The molecule has 3 rings (SSSR count). The maximum absolute atomic E-state index is 12.8. The van der Waals surface area contributed by atoms with Crippen molar-refractivity contribution < 1.29 is 24.2 Å². The molecule has 0 aromatic heterocycles. The highest BCUT2D eigenvalue weighted by Crippen LogP contribution is 2.44. The molecule has 1 aliphatic heterocycles. The van der Waals surface area contributed by atoms with E-state index in [1.165, 1.54) is 18.2 Å². The number of phenolic OH excluding ortho intramolecular Hbond substituents is 1. The summed E-state index contributed by atoms with van der Waals surface area (Å²) in [6.07, 6.45) is 4.20. The smallest absolute Gasteiger partial charge is 0.338 e. The minimum absolute atomic E-state index is 0.175. The number of ether oxygens (including phenoxy) is 2. The Morgan fingerprint density at radius 3 is 2.49 bits per heavy atom. The number of aromatic hydroxyl groups is 1. The lowest BCUT2D eigenvalue weighted by Crippen LogP contribution is -2.37. The Kier molecular flexibility index (Phi) is 8.68. The third-order valence-electron chi connectivity index (χ3n) is 6.96. The Balaban J connectivity index is 1.58. The number of fused-ring (bicyclic) bond motifs is 1. The second-order valence-electron chi connectivity index (χ2n) is 9.82. The second kappa shape index (κ2) is 11.5. The zero-order valence-corrected chi connectivity index (χ0v) is 22.4. The molecule has 9 heteroatoms. The van der Waals surface area contributed by atoms with Gasteiger partial charge in [0.25, 0.3) is 5.91 Å². The lowest BCUT2D eigenvalue weighted by Gasteiger charge is -2.38. The van der Waals surface area contributed by atoms with Crippen LogP contribution < -0.4 is 21.5 Å². The van der Waals surface area contributed by atoms with Crippen molar-refractivity contribution in [2.45, 2.75) is 72.3 Å². The van der Waals surface area contributed by atoms with Crippen molar-refractivity contribution in [1.82, 2.24) is 5.32 Å². The maximum Gasteiger partial charge on any atom is 0.338 e. The van der Waals surface area contributed by atoms with Crippen LogP contribution in [-0.2, 0) is 11.2 Å². The molecule has 1 heterocycles. The average Bonchev–Trinajstić information content (AvgIpc) is 2.85. The summed E-state index contributed by atoms with van der Waals surface area (Å²) in [7, 11) is 0. The van der Waals surface area contributed by atoms with Crippen molar-refractivity contribution in [2.75, 3.05) is 13.2 Å². The van der Waals surface area contributed by atoms with Gasteiger partial charge in [-0.1, -0.05) is 0 Å². The van der Waals surface area contributed by atoms with E-state index < -0.39 is 5.97 Å². The number of nitrogens with zero attached hydrogens (tertiary/aromatic N) is 1. The number of aliphatic imine (C=N–C) groups is 1. The zero-order valence-electron chi connectivity index (χ0n) is 22.4. The Labute approximate surface area is 218 Å². The number of rotatable bonds is 9. The summed E-state index contributed by atoms with van der Waals surface area (Å²) in [5, 5.41) is 13.3. The van der Waals surface area contributed by atoms with E-state index in [0.717, 1.165) is 60.1 Å². The van der Waals surface area contributed by atoms with E-state index in [2.05, 4.69) is 17.2 Å². The van der Waals surface area contributed by atoms with Gasteiger partial charge < -0.3 is 31.4 Å². The molecule has 1 amide bonds. The molecule has 0 spiro atoms. The van der Waals surface area contributed by atoms with Crippen LogP contribution in [0.4, 0.5) is 5.69 Å². The first kappa shape index (κ1) is 27.8. The van der Waals surface area contributed by atoms with E-state index in [1.54, 1.807) is 6.92 Å². The van der Waals surface area contributed by atoms with E-state index in [-0.39, 0.29) is 35.2 Å². The van der Waals surface area contributed by atoms with Crippen molar-refractivity contribution in [3.63, 3.8) is 0 Å². The number of carbonyl (C=O) groups is 2. The first-order valence-electron chi connectivity index (χ1n) is 12.7. The first-order chi connectivity index (χ1) is 17.5. The Morgan fingerprint density at radius 2 is 1.81 bits per heavy atom. The summed E-state index contributed by atoms with van der Waals surface area (Å²) in [5.41, 5.74) is 15.2. The van der Waals surface area contributed by atoms with E-state index in [4.69, 9.17) is 20.9 Å². The van der Waals surface area contributed by atoms with Gasteiger partial charge in [-0.25, -0.2) is 9.79 Å². The van der Waals surface area contributed by atoms with Crippen LogP contribution in [0.1, 0.15) is 82.5 Å². The zero-order chi connectivity index (χ0) is 27.3. The first-order valence-corrected chi connectivity index (χ1v) is 12.7. The van der Waals surface area contributed by atoms with Gasteiger partial charge in [-0.05, 0) is 102 Å². The van der Waals surface area contributed by atoms with Crippen LogP contribution in [0.3, 0.4) is 0 Å². The molecule has 2 aromatic carbocycles. The molecule has 0 saturated carbocycles. The van der Waals surface area contributed by atoms with Crippen LogP contribution in [0.15, 0.2) is 23.2 Å². The third kappa shape index (κ3) is 6.53. The molecule has 1 atom stereocenters. The number of amides is 1. The normalized spacial score (nSPS) is 16.4. The summed E-state index contributed by atoms with van der Waals surface area (Å²) < 4.78 is 11.5. The van der Waals surface area contributed by atoms with Gasteiger partial charge in [0, 0.05) is 17.7 Å². The number of hydrogen-bond donors (Lipinski definition) is 4. The van der Waals surface area contributed by atoms with Crippen LogP contribution in [0.25, 0.3) is 0 Å². The van der Waals surface area contributed by atoms with Crippen molar-refractivity contribution in [1.29, 1.82) is 0 Å². The quantitative estimate of drug-likeness (QED) is 0.172. The topological polar surface area (TPSA) is 149 Å². The number of esters is 1. The Morgan fingerprint density at radius 1 is 1.11 bits per heavy atom. The summed E-state index contributed by atoms with van der Waals surface area (Å²) in [6.45, 7) is 10.4. The molecular formula is C28H38N4O5. The fourth-order valence-electron chi connectivity index (χ4n) is 4.69. The Bertz CT molecular complexity index is 1220. The fraction of sp³-hybridized carbons (Fsp3) is 0.464. The summed E-state index contributed by atoms with van der Waals surface area (Å²) in [4.78, 5) is 29.0. The molecular weight excluding hydrogens is 472 g/mol. The molecule has 0 fully saturated rings. The molecule has 0 bridgehead atoms. The minimum Gasteiger partial charge on any atom is -0.507 e. The van der Waals surface area contributed by atoms with E-state index in [0.29, 0.717) is 18.0 Å². The van der Waals surface area contributed by atoms with Crippen molar-refractivity contribution in [3.8, 4) is 11.5 Å². The molecule has 0 saturated heterocycles. The van der Waals surface area contributed by atoms with Gasteiger partial charge in [0.2, 0.25) is 0 Å². The summed E-state index contributed by atoms with van der Waals surface area (Å²) in [5.74, 6) is 0.201. The molecule has 1 aliphatic rings. The Hall–Kier alpha value is -3.75. The van der Waals surface area contributed by atoms with Crippen LogP contribution >= 0.6 is 0 Å². The number of carbonyl (C=O) groups excluding carboxylic acids is 2. The number of benzene rings is 2. The van der Waals surface area contributed by atoms with Gasteiger partial charge in [0.1, 0.15) is 17.1 Å². The number of hydrogen-bond acceptors (Lipinski definition) is 6. The molecule has 200 valence electrons. The van der Waals surface area contributed by atoms with Gasteiger partial charge in [0.15, 0.2) is 5.96 Å². The van der Waals surface area contributed by atoms with E-state index in [9.17, 15) is 14.7 Å². The highest BCUT2D eigenvalue weighted by atomic mass is 16.5. The summed E-state index contributed by atoms with van der Waals surface area (Å²) >= 11 is 0. The molecule has 0 radical (unpaired) electrons. The monoisotopic (exact) mass is 510 g/mol. The number of nitrogens with one attached hydrogen (secondary N) is 1. The molecule has 6 N–H and O–H groups in total. The highest BCUT2D eigenvalue weighted by molar-refractivity contribution is 5.99. The third-order valence-corrected chi connectivity index (χ3v) is 6.96. The van der Waals surface area contributed by atoms with Gasteiger partial charge in [-0.2, -0.15) is 0 Å². The summed E-state index contributed by atoms with van der Waals surface area (Å²) in [6, 6.07) is 4.47. The van der Waals surface area contributed by atoms with Crippen molar-refractivity contribution in [3.05, 3.63) is 51.6 Å². The predicted octanol–water partition coefficient (Wildman–Crippen LogP) is 4.08. The predicted molar refractivity (Wildman–Crippen MR) is 144 cm³/mol. The number of phenols is 1. The fourth-order valence-corrected chi connectivity index (χ4v) is 4.69. The van der Waals surface area contributed by atoms with Gasteiger partial charge in [-0.15, -0.1) is 0 Å². The number of nitrogens with two attached hydrogens (primary N) is 2. The van der Waals surface area contributed by atoms with Crippen LogP contribution in [-0.4, -0.2) is 41.7 Å². The lowest BCUT2D eigenvalue weighted by atomic mass is 9.85. The van der Waals surface area contributed by atoms with Gasteiger partial charge in [0.05, 0.1) is 17.9 Å². The average molecular weight is 511 g/mol. The second-order valence-corrected chi connectivity index (χ2v) is 9.82. The molecule has 1 unspecified atom stereocenters. The van der Waals surface area contributed by atoms with E-state index in [1.807, 2.05) is 20.8 Å². The maximum atomic E-state index is 12.8. The molecule has 37 heavy (non-hydrogen) atoms. The van der Waals surface area contributed by atoms with Crippen molar-refractivity contribution >= 4 is 23.5 Å². The van der Waals surface area contributed by atoms with E-state index >= 15 is 0 Å². The SMILES string of the molecule is CCOC(=O)c1cc(N=C(N)N)cc(C(=O)NCCCCC2(C)CCc3c(C)c(O)c(C)c(C)c3O2)c1. The van der Waals surface area contributed by atoms with Gasteiger partial charge >= 0.3 is 5.97 Å². The number of unbranched alkanes of at least 4 members (excludes halogenated alkanes) is 1. The van der Waals surface area contributed by atoms with Crippen LogP contribution in [0.5, 0.6) is 11.5 Å². The standard InChI is InChI=1S/C28H38N4O5/c1-6-36-26(35)20-13-19(14-21(15-20)32-27(29)30)25(34)31-12-8-7-10-28(5)11-9-22-18(4)23(33)16(2)17(3)24(22)37-28/h13-15,33H,6-12H2,1-5H3,(H,31,34)(H4,29,30,32). The van der Waals surface area contributed by atoms with Crippen molar-refractivity contribution in [2.24, 2.45) is 16.5 Å². The molecule has 0 aliphatic carbocycles. The van der Waals surface area contributed by atoms with Gasteiger partial charge in [-0.3, -0.25) is 4.79 Å². The molecule has 9 nitrogen and oxygen atoms in total. The largest absolute Gasteiger partial charge is 0.507 e.